The van der Waals surface area contributed by atoms with Gasteiger partial charge in [-0.2, -0.15) is 4.98 Å². The SMILES string of the molecule is COCCOCCSCC(=O)N[C@H]1C([C@H](O)[C@H](O)CO)O[C@](OP(=O)(O)OCC2OC(n3ccc(N)nc3=O)[C@H](O)[C@@H]2O)(C(=O)O)C[C@@H]1O. The van der Waals surface area contributed by atoms with Gasteiger partial charge >= 0.3 is 19.5 Å². The van der Waals surface area contributed by atoms with Crippen LogP contribution in [0, 0.1) is 0 Å². The van der Waals surface area contributed by atoms with Crippen molar-refractivity contribution in [3.8, 4) is 0 Å². The van der Waals surface area contributed by atoms with Gasteiger partial charge in [-0.3, -0.25) is 13.9 Å². The molecular formula is C25H41N4O18PS. The number of rotatable bonds is 19. The molecule has 11 atom stereocenters. The Morgan fingerprint density at radius 3 is 2.59 bits per heavy atom. The number of aliphatic hydroxyl groups excluding tert-OH is 6. The number of carbonyl (C=O) groups is 2. The molecule has 24 heteroatoms. The van der Waals surface area contributed by atoms with Crippen molar-refractivity contribution < 1.29 is 82.8 Å². The third kappa shape index (κ3) is 10.8. The van der Waals surface area contributed by atoms with Gasteiger partial charge in [-0.1, -0.05) is 0 Å². The summed E-state index contributed by atoms with van der Waals surface area (Å²) >= 11 is 1.13. The van der Waals surface area contributed by atoms with Crippen molar-refractivity contribution in [3.63, 3.8) is 0 Å². The van der Waals surface area contributed by atoms with Gasteiger partial charge in [-0.05, 0) is 6.07 Å². The lowest BCUT2D eigenvalue weighted by Gasteiger charge is -2.46. The number of aromatic nitrogens is 2. The van der Waals surface area contributed by atoms with Crippen molar-refractivity contribution in [1.82, 2.24) is 14.9 Å². The summed E-state index contributed by atoms with van der Waals surface area (Å²) in [5.41, 5.74) is 4.49. The van der Waals surface area contributed by atoms with Crippen LogP contribution >= 0.6 is 19.6 Å². The number of methoxy groups -OCH3 is 1. The van der Waals surface area contributed by atoms with Gasteiger partial charge < -0.3 is 70.6 Å². The van der Waals surface area contributed by atoms with Crippen LogP contribution in [0.4, 0.5) is 5.82 Å². The van der Waals surface area contributed by atoms with Crippen molar-refractivity contribution in [2.24, 2.45) is 0 Å². The van der Waals surface area contributed by atoms with Crippen LogP contribution in [-0.4, -0.2) is 168 Å². The first-order valence-corrected chi connectivity index (χ1v) is 17.2. The molecule has 1 aromatic heterocycles. The molecule has 1 aromatic rings. The standard InChI is InChI=1S/C25H41N4O18PS/c1-42-4-5-43-6-7-49-11-16(33)28-17-12(31)8-25(23(37)38,46-21(17)18(34)13(32)9-30)47-48(40,41)44-10-14-19(35)20(36)22(45-14)29-3-2-15(26)27-24(29)39/h2-3,12-14,17-22,30-32,34-36H,4-11H2,1H3,(H,28,33)(H,37,38)(H,40,41)(H2,26,27,39)/t12-,13+,14?,17+,18+,19+,20+,21?,22?,25+/m0/s1. The smallest absolute Gasteiger partial charge is 0.475 e. The van der Waals surface area contributed by atoms with E-state index in [0.29, 0.717) is 19.0 Å². The lowest BCUT2D eigenvalue weighted by Crippen LogP contribution is -2.68. The minimum atomic E-state index is -5.57. The summed E-state index contributed by atoms with van der Waals surface area (Å²) in [4.78, 5) is 51.2. The third-order valence-corrected chi connectivity index (χ3v) is 9.23. The number of amides is 1. The molecule has 2 aliphatic rings. The number of nitrogens with one attached hydrogen (secondary N) is 1. The van der Waals surface area contributed by atoms with Gasteiger partial charge in [0.25, 0.3) is 5.79 Å². The molecule has 1 amide bonds. The number of hydrogen-bond donors (Lipinski definition) is 10. The third-order valence-electron chi connectivity index (χ3n) is 7.31. The Bertz CT molecular complexity index is 1360. The summed E-state index contributed by atoms with van der Waals surface area (Å²) in [5, 5.41) is 74.3. The maximum atomic E-state index is 13.0. The zero-order chi connectivity index (χ0) is 36.5. The molecular weight excluding hydrogens is 707 g/mol. The number of hydrogen-bond acceptors (Lipinski definition) is 19. The molecule has 280 valence electrons. The second-order valence-electron chi connectivity index (χ2n) is 10.8. The Morgan fingerprint density at radius 1 is 1.24 bits per heavy atom. The van der Waals surface area contributed by atoms with E-state index in [9.17, 15) is 59.6 Å². The number of aliphatic carboxylic acids is 1. The van der Waals surface area contributed by atoms with Gasteiger partial charge in [0.2, 0.25) is 5.91 Å². The van der Waals surface area contributed by atoms with Crippen LogP contribution in [-0.2, 0) is 42.1 Å². The van der Waals surface area contributed by atoms with Crippen molar-refractivity contribution >= 4 is 37.3 Å². The number of carboxylic acids is 1. The number of aliphatic hydroxyl groups is 6. The van der Waals surface area contributed by atoms with Crippen molar-refractivity contribution in [3.05, 3.63) is 22.7 Å². The maximum absolute atomic E-state index is 13.0. The fourth-order valence-electron chi connectivity index (χ4n) is 4.84. The average Bonchev–Trinajstić information content (AvgIpc) is 3.32. The number of carboxylic acid groups (broad SMARTS) is 1. The van der Waals surface area contributed by atoms with Gasteiger partial charge in [-0.15, -0.1) is 11.8 Å². The van der Waals surface area contributed by atoms with E-state index in [-0.39, 0.29) is 18.2 Å². The zero-order valence-electron chi connectivity index (χ0n) is 26.0. The number of phosphoric ester groups is 1. The van der Waals surface area contributed by atoms with Crippen LogP contribution in [0.25, 0.3) is 0 Å². The Kier molecular flexibility index (Phi) is 15.3. The molecule has 4 unspecified atom stereocenters. The number of nitrogen functional groups attached to an aromatic ring is 1. The van der Waals surface area contributed by atoms with Gasteiger partial charge in [0.05, 0.1) is 50.9 Å². The van der Waals surface area contributed by atoms with Gasteiger partial charge in [-0.25, -0.2) is 18.7 Å². The second kappa shape index (κ2) is 18.3. The van der Waals surface area contributed by atoms with Gasteiger partial charge in [0.15, 0.2) is 6.23 Å². The molecule has 3 rings (SSSR count). The van der Waals surface area contributed by atoms with E-state index in [0.717, 1.165) is 22.5 Å². The molecule has 0 radical (unpaired) electrons. The fourth-order valence-corrected chi connectivity index (χ4v) is 6.44. The second-order valence-corrected chi connectivity index (χ2v) is 13.3. The first kappa shape index (κ1) is 41.1. The largest absolute Gasteiger partial charge is 0.477 e. The Hall–Kier alpha value is -2.32. The molecule has 11 N–H and O–H groups in total. The van der Waals surface area contributed by atoms with Crippen LogP contribution in [0.15, 0.2) is 17.1 Å². The molecule has 49 heavy (non-hydrogen) atoms. The van der Waals surface area contributed by atoms with E-state index in [1.54, 1.807) is 0 Å². The number of nitrogens with two attached hydrogens (primary N) is 1. The Balaban J connectivity index is 1.71. The van der Waals surface area contributed by atoms with Crippen LogP contribution in [0.2, 0.25) is 0 Å². The lowest BCUT2D eigenvalue weighted by molar-refractivity contribution is -0.289. The number of thioether (sulfide) groups is 1. The molecule has 3 heterocycles. The molecule has 0 aromatic carbocycles. The first-order valence-electron chi connectivity index (χ1n) is 14.6. The average molecular weight is 749 g/mol. The summed E-state index contributed by atoms with van der Waals surface area (Å²) < 4.78 is 44.4. The molecule has 2 fully saturated rings. The minimum Gasteiger partial charge on any atom is -0.477 e. The summed E-state index contributed by atoms with van der Waals surface area (Å²) in [5.74, 6) is -6.00. The number of ether oxygens (including phenoxy) is 4. The molecule has 0 spiro atoms. The van der Waals surface area contributed by atoms with E-state index in [1.165, 1.54) is 13.2 Å². The van der Waals surface area contributed by atoms with Crippen molar-refractivity contribution in [1.29, 1.82) is 0 Å². The number of carbonyl (C=O) groups excluding carboxylic acids is 1. The van der Waals surface area contributed by atoms with E-state index in [4.69, 9.17) is 33.7 Å². The van der Waals surface area contributed by atoms with Crippen molar-refractivity contribution in [2.75, 3.05) is 57.4 Å². The molecule has 2 aliphatic heterocycles. The highest BCUT2D eigenvalue weighted by atomic mass is 32.2. The number of phosphoric acid groups is 1. The number of anilines is 1. The molecule has 2 saturated heterocycles. The van der Waals surface area contributed by atoms with Gasteiger partial charge in [0, 0.05) is 25.5 Å². The predicted octanol–water partition coefficient (Wildman–Crippen LogP) is -4.90. The Morgan fingerprint density at radius 2 is 1.96 bits per heavy atom. The normalized spacial score (nSPS) is 31.1. The first-order chi connectivity index (χ1) is 23.1. The molecule has 0 bridgehead atoms. The molecule has 22 nitrogen and oxygen atoms in total. The van der Waals surface area contributed by atoms with Gasteiger partial charge in [0.1, 0.15) is 42.4 Å². The van der Waals surface area contributed by atoms with E-state index >= 15 is 0 Å². The highest BCUT2D eigenvalue weighted by molar-refractivity contribution is 7.99. The summed E-state index contributed by atoms with van der Waals surface area (Å²) in [6, 6.07) is -0.418. The number of nitrogens with zero attached hydrogens (tertiary/aromatic N) is 2. The van der Waals surface area contributed by atoms with Crippen molar-refractivity contribution in [2.45, 2.75) is 67.2 Å². The van der Waals surface area contributed by atoms with E-state index < -0.39 is 106 Å². The maximum Gasteiger partial charge on any atom is 0.475 e. The Labute approximate surface area is 282 Å². The summed E-state index contributed by atoms with van der Waals surface area (Å²) in [7, 11) is -4.06. The summed E-state index contributed by atoms with van der Waals surface area (Å²) in [6.45, 7) is -1.10. The van der Waals surface area contributed by atoms with Crippen LogP contribution < -0.4 is 16.7 Å². The highest BCUT2D eigenvalue weighted by Crippen LogP contribution is 2.51. The zero-order valence-corrected chi connectivity index (χ0v) is 27.7. The van der Waals surface area contributed by atoms with Crippen LogP contribution in [0.1, 0.15) is 12.6 Å². The quantitative estimate of drug-likeness (QED) is 0.0468. The van der Waals surface area contributed by atoms with Crippen LogP contribution in [0.5, 0.6) is 0 Å². The highest BCUT2D eigenvalue weighted by Gasteiger charge is 2.59. The molecule has 0 saturated carbocycles. The predicted molar refractivity (Wildman–Crippen MR) is 163 cm³/mol. The van der Waals surface area contributed by atoms with E-state index in [2.05, 4.69) is 10.3 Å². The van der Waals surface area contributed by atoms with Crippen LogP contribution in [0.3, 0.4) is 0 Å². The topological polar surface area (TPSA) is 341 Å². The van der Waals surface area contributed by atoms with E-state index in [1.807, 2.05) is 0 Å². The molecule has 0 aliphatic carbocycles. The fraction of sp³-hybridized carbons (Fsp3) is 0.760. The lowest BCUT2D eigenvalue weighted by atomic mass is 9.88. The monoisotopic (exact) mass is 748 g/mol. The summed E-state index contributed by atoms with van der Waals surface area (Å²) in [6.07, 6.45) is -14.9. The minimum absolute atomic E-state index is 0.140.